The highest BCUT2D eigenvalue weighted by molar-refractivity contribution is 5.92. The Hall–Kier alpha value is -2.49. The van der Waals surface area contributed by atoms with E-state index in [4.69, 9.17) is 9.47 Å². The van der Waals surface area contributed by atoms with Crippen molar-refractivity contribution in [1.29, 1.82) is 0 Å². The van der Waals surface area contributed by atoms with Crippen LogP contribution in [-0.4, -0.2) is 12.7 Å². The average Bonchev–Trinajstić information content (AvgIpc) is 2.90. The molecule has 2 aromatic rings. The van der Waals surface area contributed by atoms with Gasteiger partial charge in [-0.1, -0.05) is 12.1 Å². The molecule has 4 nitrogen and oxygen atoms in total. The maximum Gasteiger partial charge on any atom is 0.231 e. The Kier molecular flexibility index (Phi) is 3.52. The van der Waals surface area contributed by atoms with Crippen LogP contribution >= 0.6 is 0 Å². The molecule has 0 fully saturated rings. The van der Waals surface area contributed by atoms with Crippen LogP contribution in [0.1, 0.15) is 16.7 Å². The molecule has 0 spiro atoms. The van der Waals surface area contributed by atoms with E-state index < -0.39 is 0 Å². The SMILES string of the molecule is Cc1ccc(NC(=O)Cc2ccc3c(c2)OCO3)cc1C. The number of benzene rings is 2. The van der Waals surface area contributed by atoms with Crippen molar-refractivity contribution in [3.8, 4) is 11.5 Å². The summed E-state index contributed by atoms with van der Waals surface area (Å²) in [5, 5.41) is 2.92. The molecule has 21 heavy (non-hydrogen) atoms. The van der Waals surface area contributed by atoms with Crippen LogP contribution in [-0.2, 0) is 11.2 Å². The van der Waals surface area contributed by atoms with Gasteiger partial charge in [0.1, 0.15) is 0 Å². The molecule has 1 heterocycles. The van der Waals surface area contributed by atoms with E-state index in [2.05, 4.69) is 5.32 Å². The third-order valence-corrected chi connectivity index (χ3v) is 3.59. The first-order chi connectivity index (χ1) is 10.1. The Balaban J connectivity index is 1.67. The minimum atomic E-state index is -0.0443. The normalized spacial score (nSPS) is 12.3. The van der Waals surface area contributed by atoms with Crippen LogP contribution in [0.2, 0.25) is 0 Å². The minimum absolute atomic E-state index is 0.0443. The van der Waals surface area contributed by atoms with Crippen molar-refractivity contribution >= 4 is 11.6 Å². The van der Waals surface area contributed by atoms with Crippen molar-refractivity contribution in [2.24, 2.45) is 0 Å². The lowest BCUT2D eigenvalue weighted by molar-refractivity contribution is -0.115. The second-order valence-corrected chi connectivity index (χ2v) is 5.21. The highest BCUT2D eigenvalue weighted by atomic mass is 16.7. The van der Waals surface area contributed by atoms with Crippen LogP contribution in [0, 0.1) is 13.8 Å². The van der Waals surface area contributed by atoms with E-state index in [1.807, 2.05) is 50.2 Å². The van der Waals surface area contributed by atoms with E-state index in [0.29, 0.717) is 12.2 Å². The van der Waals surface area contributed by atoms with E-state index in [-0.39, 0.29) is 12.7 Å². The summed E-state index contributed by atoms with van der Waals surface area (Å²) in [6, 6.07) is 11.5. The van der Waals surface area contributed by atoms with Gasteiger partial charge in [-0.05, 0) is 54.8 Å². The van der Waals surface area contributed by atoms with Crippen molar-refractivity contribution in [2.75, 3.05) is 12.1 Å². The third kappa shape index (κ3) is 2.99. The summed E-state index contributed by atoms with van der Waals surface area (Å²) in [6.45, 7) is 4.32. The molecule has 108 valence electrons. The Bertz CT molecular complexity index is 694. The molecule has 0 atom stereocenters. The molecular weight excluding hydrogens is 266 g/mol. The Labute approximate surface area is 123 Å². The number of carbonyl (C=O) groups is 1. The molecule has 0 aromatic heterocycles. The van der Waals surface area contributed by atoms with Gasteiger partial charge in [-0.3, -0.25) is 4.79 Å². The number of amides is 1. The van der Waals surface area contributed by atoms with Gasteiger partial charge in [-0.15, -0.1) is 0 Å². The number of fused-ring (bicyclic) bond motifs is 1. The number of aryl methyl sites for hydroxylation is 2. The van der Waals surface area contributed by atoms with Crippen molar-refractivity contribution in [2.45, 2.75) is 20.3 Å². The van der Waals surface area contributed by atoms with Gasteiger partial charge >= 0.3 is 0 Å². The average molecular weight is 283 g/mol. The topological polar surface area (TPSA) is 47.6 Å². The molecule has 1 aliphatic heterocycles. The van der Waals surface area contributed by atoms with Gasteiger partial charge in [0.25, 0.3) is 0 Å². The lowest BCUT2D eigenvalue weighted by Crippen LogP contribution is -2.14. The maximum atomic E-state index is 12.1. The first kappa shape index (κ1) is 13.5. The second-order valence-electron chi connectivity index (χ2n) is 5.21. The minimum Gasteiger partial charge on any atom is -0.454 e. The van der Waals surface area contributed by atoms with Crippen LogP contribution in [0.3, 0.4) is 0 Å². The van der Waals surface area contributed by atoms with E-state index in [9.17, 15) is 4.79 Å². The van der Waals surface area contributed by atoms with E-state index in [1.54, 1.807) is 0 Å². The molecule has 0 aliphatic carbocycles. The molecule has 2 aromatic carbocycles. The first-order valence-electron chi connectivity index (χ1n) is 6.87. The van der Waals surface area contributed by atoms with Gasteiger partial charge in [-0.2, -0.15) is 0 Å². The number of anilines is 1. The Morgan fingerprint density at radius 3 is 2.67 bits per heavy atom. The van der Waals surface area contributed by atoms with Gasteiger partial charge in [-0.25, -0.2) is 0 Å². The number of ether oxygens (including phenoxy) is 2. The van der Waals surface area contributed by atoms with Gasteiger partial charge in [0.2, 0.25) is 12.7 Å². The number of rotatable bonds is 3. The largest absolute Gasteiger partial charge is 0.454 e. The van der Waals surface area contributed by atoms with E-state index >= 15 is 0 Å². The highest BCUT2D eigenvalue weighted by Gasteiger charge is 2.14. The lowest BCUT2D eigenvalue weighted by atomic mass is 10.1. The fraction of sp³-hybridized carbons (Fsp3) is 0.235. The molecule has 4 heteroatoms. The summed E-state index contributed by atoms with van der Waals surface area (Å²) in [5.41, 5.74) is 4.10. The Morgan fingerprint density at radius 2 is 1.86 bits per heavy atom. The molecule has 1 N–H and O–H groups in total. The maximum absolute atomic E-state index is 12.1. The van der Waals surface area contributed by atoms with Crippen molar-refractivity contribution in [3.63, 3.8) is 0 Å². The molecule has 0 unspecified atom stereocenters. The van der Waals surface area contributed by atoms with Crippen molar-refractivity contribution in [3.05, 3.63) is 53.1 Å². The summed E-state index contributed by atoms with van der Waals surface area (Å²) in [5.74, 6) is 1.39. The number of hydrogen-bond donors (Lipinski definition) is 1. The van der Waals surface area contributed by atoms with Gasteiger partial charge in [0.05, 0.1) is 6.42 Å². The van der Waals surface area contributed by atoms with E-state index in [1.165, 1.54) is 5.56 Å². The monoisotopic (exact) mass is 283 g/mol. The van der Waals surface area contributed by atoms with Crippen LogP contribution in [0.4, 0.5) is 5.69 Å². The molecule has 3 rings (SSSR count). The summed E-state index contributed by atoms with van der Waals surface area (Å²) in [4.78, 5) is 12.1. The molecular formula is C17H17NO3. The number of nitrogens with one attached hydrogen (secondary N) is 1. The zero-order valence-corrected chi connectivity index (χ0v) is 12.1. The van der Waals surface area contributed by atoms with Crippen molar-refractivity contribution < 1.29 is 14.3 Å². The fourth-order valence-electron chi connectivity index (χ4n) is 2.26. The molecule has 1 aliphatic rings. The first-order valence-corrected chi connectivity index (χ1v) is 6.87. The molecule has 0 bridgehead atoms. The standard InChI is InChI=1S/C17H17NO3/c1-11-3-5-14(7-12(11)2)18-17(19)9-13-4-6-15-16(8-13)21-10-20-15/h3-8H,9-10H2,1-2H3,(H,18,19). The van der Waals surface area contributed by atoms with Crippen LogP contribution in [0.15, 0.2) is 36.4 Å². The summed E-state index contributed by atoms with van der Waals surface area (Å²) in [6.07, 6.45) is 0.309. The fourth-order valence-corrected chi connectivity index (χ4v) is 2.26. The quantitative estimate of drug-likeness (QED) is 0.941. The number of hydrogen-bond acceptors (Lipinski definition) is 3. The van der Waals surface area contributed by atoms with Gasteiger partial charge in [0.15, 0.2) is 11.5 Å². The van der Waals surface area contributed by atoms with Crippen LogP contribution in [0.5, 0.6) is 11.5 Å². The molecule has 0 saturated carbocycles. The Morgan fingerprint density at radius 1 is 1.05 bits per heavy atom. The summed E-state index contributed by atoms with van der Waals surface area (Å²) in [7, 11) is 0. The highest BCUT2D eigenvalue weighted by Crippen LogP contribution is 2.32. The summed E-state index contributed by atoms with van der Waals surface area (Å²) >= 11 is 0. The predicted octanol–water partition coefficient (Wildman–Crippen LogP) is 3.21. The van der Waals surface area contributed by atoms with Crippen LogP contribution < -0.4 is 14.8 Å². The molecule has 0 radical (unpaired) electrons. The zero-order chi connectivity index (χ0) is 14.8. The van der Waals surface area contributed by atoms with Gasteiger partial charge < -0.3 is 14.8 Å². The molecule has 1 amide bonds. The number of carbonyl (C=O) groups excluding carboxylic acids is 1. The third-order valence-electron chi connectivity index (χ3n) is 3.59. The van der Waals surface area contributed by atoms with Crippen LogP contribution in [0.25, 0.3) is 0 Å². The van der Waals surface area contributed by atoms with Gasteiger partial charge in [0, 0.05) is 5.69 Å². The lowest BCUT2D eigenvalue weighted by Gasteiger charge is -2.08. The summed E-state index contributed by atoms with van der Waals surface area (Å²) < 4.78 is 10.6. The zero-order valence-electron chi connectivity index (χ0n) is 12.1. The predicted molar refractivity (Wildman–Crippen MR) is 80.8 cm³/mol. The smallest absolute Gasteiger partial charge is 0.231 e. The molecule has 0 saturated heterocycles. The second kappa shape index (κ2) is 5.48. The van der Waals surface area contributed by atoms with Crippen molar-refractivity contribution in [1.82, 2.24) is 0 Å². The van der Waals surface area contributed by atoms with E-state index in [0.717, 1.165) is 22.6 Å².